The van der Waals surface area contributed by atoms with E-state index < -0.39 is 29.4 Å². The first-order valence-corrected chi connectivity index (χ1v) is 7.67. The molecule has 0 bridgehead atoms. The summed E-state index contributed by atoms with van der Waals surface area (Å²) in [6, 6.07) is 2.22. The summed E-state index contributed by atoms with van der Waals surface area (Å²) in [5.74, 6) is -4.72. The van der Waals surface area contributed by atoms with Gasteiger partial charge in [-0.05, 0) is 25.0 Å². The molecule has 0 saturated heterocycles. The number of halogens is 5. The first kappa shape index (κ1) is 16.2. The van der Waals surface area contributed by atoms with Gasteiger partial charge >= 0.3 is 6.18 Å². The Morgan fingerprint density at radius 2 is 2.04 bits per heavy atom. The fraction of sp³-hybridized carbons (Fsp3) is 0.286. The first-order chi connectivity index (χ1) is 10.7. The SMILES string of the molecule is O=C1c2sc(-c3cc(F)c(O)c(Cl)c3)nc2CCC1C(F)(F)F. The summed E-state index contributed by atoms with van der Waals surface area (Å²) in [6.45, 7) is 0. The van der Waals surface area contributed by atoms with Crippen LogP contribution < -0.4 is 0 Å². The average Bonchev–Trinajstić information content (AvgIpc) is 2.88. The number of phenolic OH excluding ortho intramolecular Hbond substituents is 1. The van der Waals surface area contributed by atoms with E-state index in [9.17, 15) is 27.5 Å². The molecular weight excluding hydrogens is 358 g/mol. The fourth-order valence-corrected chi connectivity index (χ4v) is 3.71. The monoisotopic (exact) mass is 365 g/mol. The molecule has 122 valence electrons. The number of rotatable bonds is 1. The number of Topliss-reactive ketones (excluding diaryl/α,β-unsaturated/α-hetero) is 1. The number of aromatic nitrogens is 1. The van der Waals surface area contributed by atoms with E-state index in [-0.39, 0.29) is 39.0 Å². The molecule has 1 heterocycles. The minimum Gasteiger partial charge on any atom is -0.504 e. The quantitative estimate of drug-likeness (QED) is 0.750. The molecular formula is C14H8ClF4NO2S. The molecule has 3 rings (SSSR count). The maximum Gasteiger partial charge on any atom is 0.399 e. The smallest absolute Gasteiger partial charge is 0.399 e. The summed E-state index contributed by atoms with van der Waals surface area (Å²) in [7, 11) is 0. The van der Waals surface area contributed by atoms with Crippen LogP contribution in [0.1, 0.15) is 21.8 Å². The van der Waals surface area contributed by atoms with Crippen molar-refractivity contribution in [2.24, 2.45) is 5.92 Å². The molecule has 1 aliphatic carbocycles. The molecule has 0 aliphatic heterocycles. The van der Waals surface area contributed by atoms with Crippen LogP contribution in [0.5, 0.6) is 5.75 Å². The van der Waals surface area contributed by atoms with Gasteiger partial charge in [0.05, 0.1) is 15.6 Å². The maximum absolute atomic E-state index is 13.5. The number of aryl methyl sites for hydroxylation is 1. The van der Waals surface area contributed by atoms with E-state index in [2.05, 4.69) is 4.98 Å². The number of ketones is 1. The zero-order valence-corrected chi connectivity index (χ0v) is 12.8. The van der Waals surface area contributed by atoms with Crippen LogP contribution in [0.25, 0.3) is 10.6 Å². The van der Waals surface area contributed by atoms with Gasteiger partial charge in [-0.3, -0.25) is 4.79 Å². The standard InChI is InChI=1S/C14H8ClF4NO2S/c15-7-3-5(4-8(16)11(7)22)13-20-9-2-1-6(14(17,18)19)10(21)12(9)23-13/h3-4,6,22H,1-2H2. The Kier molecular flexibility index (Phi) is 3.84. The van der Waals surface area contributed by atoms with Crippen molar-refractivity contribution in [3.05, 3.63) is 33.5 Å². The molecule has 3 nitrogen and oxygen atoms in total. The van der Waals surface area contributed by atoms with Crippen LogP contribution in [0, 0.1) is 11.7 Å². The second-order valence-electron chi connectivity index (χ2n) is 5.08. The van der Waals surface area contributed by atoms with Gasteiger partial charge in [0.15, 0.2) is 17.3 Å². The molecule has 0 fully saturated rings. The predicted molar refractivity (Wildman–Crippen MR) is 76.4 cm³/mol. The number of phenols is 1. The number of alkyl halides is 3. The average molecular weight is 366 g/mol. The van der Waals surface area contributed by atoms with Crippen molar-refractivity contribution < 1.29 is 27.5 Å². The van der Waals surface area contributed by atoms with Gasteiger partial charge in [0.2, 0.25) is 0 Å². The number of hydrogen-bond acceptors (Lipinski definition) is 4. The zero-order chi connectivity index (χ0) is 16.9. The van der Waals surface area contributed by atoms with Crippen molar-refractivity contribution in [1.82, 2.24) is 4.98 Å². The maximum atomic E-state index is 13.5. The second-order valence-corrected chi connectivity index (χ2v) is 6.49. The summed E-state index contributed by atoms with van der Waals surface area (Å²) in [4.78, 5) is 16.1. The largest absolute Gasteiger partial charge is 0.504 e. The van der Waals surface area contributed by atoms with Gasteiger partial charge in [0.1, 0.15) is 10.9 Å². The van der Waals surface area contributed by atoms with Crippen LogP contribution in [0.4, 0.5) is 17.6 Å². The predicted octanol–water partition coefficient (Wildman–Crippen LogP) is 4.62. The van der Waals surface area contributed by atoms with Crippen LogP contribution in [0.2, 0.25) is 5.02 Å². The molecule has 0 amide bonds. The highest BCUT2D eigenvalue weighted by atomic mass is 35.5. The molecule has 9 heteroatoms. The third-order valence-corrected chi connectivity index (χ3v) is 5.02. The van der Waals surface area contributed by atoms with Crippen molar-refractivity contribution >= 4 is 28.7 Å². The number of benzene rings is 1. The lowest BCUT2D eigenvalue weighted by Crippen LogP contribution is -2.34. The van der Waals surface area contributed by atoms with E-state index >= 15 is 0 Å². The third kappa shape index (κ3) is 2.81. The summed E-state index contributed by atoms with van der Waals surface area (Å²) >= 11 is 6.45. The van der Waals surface area contributed by atoms with E-state index in [4.69, 9.17) is 11.6 Å². The van der Waals surface area contributed by atoms with Gasteiger partial charge in [-0.25, -0.2) is 9.37 Å². The minimum absolute atomic E-state index is 0.0239. The van der Waals surface area contributed by atoms with Crippen LogP contribution in [-0.2, 0) is 6.42 Å². The van der Waals surface area contributed by atoms with Gasteiger partial charge in [-0.1, -0.05) is 11.6 Å². The molecule has 23 heavy (non-hydrogen) atoms. The molecule has 0 saturated carbocycles. The summed E-state index contributed by atoms with van der Waals surface area (Å²) in [6.07, 6.45) is -4.91. The van der Waals surface area contributed by atoms with Crippen molar-refractivity contribution in [2.45, 2.75) is 19.0 Å². The molecule has 0 radical (unpaired) electrons. The van der Waals surface area contributed by atoms with E-state index in [1.54, 1.807) is 0 Å². The number of carbonyl (C=O) groups excluding carboxylic acids is 1. The Balaban J connectivity index is 2.03. The highest BCUT2D eigenvalue weighted by Gasteiger charge is 2.48. The Morgan fingerprint density at radius 1 is 1.35 bits per heavy atom. The lowest BCUT2D eigenvalue weighted by molar-refractivity contribution is -0.162. The number of aromatic hydroxyl groups is 1. The first-order valence-electron chi connectivity index (χ1n) is 6.47. The normalized spacial score (nSPS) is 18.1. The number of fused-ring (bicyclic) bond motifs is 1. The topological polar surface area (TPSA) is 50.2 Å². The third-order valence-electron chi connectivity index (χ3n) is 3.57. The number of nitrogens with zero attached hydrogens (tertiary/aromatic N) is 1. The molecule has 1 N–H and O–H groups in total. The van der Waals surface area contributed by atoms with Crippen LogP contribution in [0.15, 0.2) is 12.1 Å². The van der Waals surface area contributed by atoms with Crippen LogP contribution in [-0.4, -0.2) is 22.1 Å². The fourth-order valence-electron chi connectivity index (χ4n) is 2.41. The van der Waals surface area contributed by atoms with E-state index in [1.165, 1.54) is 6.07 Å². The van der Waals surface area contributed by atoms with Gasteiger partial charge in [-0.2, -0.15) is 13.2 Å². The van der Waals surface area contributed by atoms with E-state index in [0.29, 0.717) is 0 Å². The summed E-state index contributed by atoms with van der Waals surface area (Å²) < 4.78 is 52.0. The molecule has 1 aromatic carbocycles. The zero-order valence-electron chi connectivity index (χ0n) is 11.2. The molecule has 1 atom stereocenters. The van der Waals surface area contributed by atoms with Gasteiger partial charge in [0.25, 0.3) is 0 Å². The summed E-state index contributed by atoms with van der Waals surface area (Å²) in [5.41, 5.74) is 0.473. The molecule has 0 spiro atoms. The number of hydrogen-bond donors (Lipinski definition) is 1. The molecule has 1 unspecified atom stereocenters. The van der Waals surface area contributed by atoms with Crippen molar-refractivity contribution in [2.75, 3.05) is 0 Å². The highest BCUT2D eigenvalue weighted by molar-refractivity contribution is 7.17. The Morgan fingerprint density at radius 3 is 2.65 bits per heavy atom. The van der Waals surface area contributed by atoms with Crippen molar-refractivity contribution in [3.8, 4) is 16.3 Å². The highest BCUT2D eigenvalue weighted by Crippen LogP contribution is 2.41. The lowest BCUT2D eigenvalue weighted by Gasteiger charge is -2.21. The second kappa shape index (κ2) is 5.45. The van der Waals surface area contributed by atoms with Crippen molar-refractivity contribution in [1.29, 1.82) is 0 Å². The van der Waals surface area contributed by atoms with Crippen LogP contribution in [0.3, 0.4) is 0 Å². The van der Waals surface area contributed by atoms with Gasteiger partial charge in [-0.15, -0.1) is 11.3 Å². The lowest BCUT2D eigenvalue weighted by atomic mass is 9.89. The Bertz CT molecular complexity index is 780. The van der Waals surface area contributed by atoms with Gasteiger partial charge < -0.3 is 5.11 Å². The minimum atomic E-state index is -4.59. The van der Waals surface area contributed by atoms with Gasteiger partial charge in [0, 0.05) is 5.56 Å². The van der Waals surface area contributed by atoms with E-state index in [0.717, 1.165) is 17.4 Å². The number of thiazole rings is 1. The van der Waals surface area contributed by atoms with Crippen molar-refractivity contribution in [3.63, 3.8) is 0 Å². The Labute approximate surface area is 136 Å². The molecule has 1 aromatic heterocycles. The van der Waals surface area contributed by atoms with E-state index in [1.807, 2.05) is 0 Å². The summed E-state index contributed by atoms with van der Waals surface area (Å²) in [5, 5.41) is 9.25. The Hall–Kier alpha value is -1.67. The number of carbonyl (C=O) groups is 1. The van der Waals surface area contributed by atoms with Crippen LogP contribution >= 0.6 is 22.9 Å². The molecule has 2 aromatic rings. The molecule has 1 aliphatic rings.